The number of carbonyl (C=O) groups is 1. The van der Waals surface area contributed by atoms with Gasteiger partial charge >= 0.3 is 5.97 Å². The predicted molar refractivity (Wildman–Crippen MR) is 103 cm³/mol. The first-order valence-corrected chi connectivity index (χ1v) is 9.03. The van der Waals surface area contributed by atoms with Crippen LogP contribution in [-0.2, 0) is 9.53 Å². The zero-order valence-electron chi connectivity index (χ0n) is 16.3. The fourth-order valence-electron chi connectivity index (χ4n) is 3.78. The van der Waals surface area contributed by atoms with E-state index < -0.39 is 18.1 Å². The lowest BCUT2D eigenvalue weighted by Gasteiger charge is -2.38. The maximum Gasteiger partial charge on any atom is 0.334 e. The van der Waals surface area contributed by atoms with Gasteiger partial charge in [-0.3, -0.25) is 0 Å². The summed E-state index contributed by atoms with van der Waals surface area (Å²) in [6.45, 7) is 8.19. The SMILES string of the molecule is CCOC1NC=C(C)C2=C1C(c1ccc(C)cc1OC)C(C(=O)O)=C(C)N2. The van der Waals surface area contributed by atoms with E-state index >= 15 is 0 Å². The molecule has 3 N–H and O–H groups in total. The average Bonchev–Trinajstić information content (AvgIpc) is 2.63. The third kappa shape index (κ3) is 3.32. The summed E-state index contributed by atoms with van der Waals surface area (Å²) in [6.07, 6.45) is 1.48. The molecule has 0 saturated carbocycles. The van der Waals surface area contributed by atoms with Crippen molar-refractivity contribution in [2.45, 2.75) is 39.8 Å². The van der Waals surface area contributed by atoms with E-state index in [1.54, 1.807) is 14.0 Å². The molecule has 0 radical (unpaired) electrons. The Labute approximate surface area is 159 Å². The van der Waals surface area contributed by atoms with Crippen molar-refractivity contribution >= 4 is 5.97 Å². The number of hydrogen-bond donors (Lipinski definition) is 3. The maximum atomic E-state index is 12.2. The van der Waals surface area contributed by atoms with Crippen LogP contribution < -0.4 is 15.4 Å². The normalized spacial score (nSPS) is 21.9. The number of allylic oxidation sites excluding steroid dienone is 2. The van der Waals surface area contributed by atoms with E-state index in [9.17, 15) is 9.90 Å². The lowest BCUT2D eigenvalue weighted by Crippen LogP contribution is -2.42. The van der Waals surface area contributed by atoms with E-state index in [1.807, 2.05) is 45.2 Å². The van der Waals surface area contributed by atoms with Gasteiger partial charge in [0.1, 0.15) is 5.75 Å². The molecule has 2 atom stereocenters. The number of nitrogens with one attached hydrogen (secondary N) is 2. The second-order valence-electron chi connectivity index (χ2n) is 6.81. The topological polar surface area (TPSA) is 79.8 Å². The highest BCUT2D eigenvalue weighted by Crippen LogP contribution is 2.45. The number of methoxy groups -OCH3 is 1. The lowest BCUT2D eigenvalue weighted by atomic mass is 9.77. The van der Waals surface area contributed by atoms with E-state index in [0.29, 0.717) is 23.6 Å². The predicted octanol–water partition coefficient (Wildman–Crippen LogP) is 3.17. The molecule has 3 rings (SSSR count). The van der Waals surface area contributed by atoms with Crippen LogP contribution in [0.15, 0.2) is 52.5 Å². The van der Waals surface area contributed by atoms with Gasteiger partial charge in [0, 0.05) is 41.3 Å². The molecule has 0 saturated heterocycles. The molecule has 1 aromatic carbocycles. The number of hydrogen-bond acceptors (Lipinski definition) is 5. The third-order valence-corrected chi connectivity index (χ3v) is 5.00. The van der Waals surface area contributed by atoms with Crippen LogP contribution in [0.1, 0.15) is 37.8 Å². The minimum Gasteiger partial charge on any atom is -0.496 e. The van der Waals surface area contributed by atoms with Crippen molar-refractivity contribution in [1.29, 1.82) is 0 Å². The van der Waals surface area contributed by atoms with Crippen LogP contribution in [0.25, 0.3) is 0 Å². The highest BCUT2D eigenvalue weighted by molar-refractivity contribution is 5.91. The summed E-state index contributed by atoms with van der Waals surface area (Å²) >= 11 is 0. The van der Waals surface area contributed by atoms with Crippen molar-refractivity contribution in [3.63, 3.8) is 0 Å². The zero-order chi connectivity index (χ0) is 19.7. The Morgan fingerprint density at radius 3 is 2.63 bits per heavy atom. The highest BCUT2D eigenvalue weighted by Gasteiger charge is 2.40. The molecule has 0 bridgehead atoms. The number of aryl methyl sites for hydroxylation is 1. The summed E-state index contributed by atoms with van der Waals surface area (Å²) in [5, 5.41) is 16.5. The van der Waals surface area contributed by atoms with E-state index in [0.717, 1.165) is 28.0 Å². The van der Waals surface area contributed by atoms with Gasteiger partial charge in [0.25, 0.3) is 0 Å². The molecule has 1 aromatic rings. The Kier molecular flexibility index (Phi) is 5.28. The Bertz CT molecular complexity index is 867. The lowest BCUT2D eigenvalue weighted by molar-refractivity contribution is -0.133. The highest BCUT2D eigenvalue weighted by atomic mass is 16.5. The molecule has 0 amide bonds. The van der Waals surface area contributed by atoms with Gasteiger partial charge in [-0.25, -0.2) is 4.79 Å². The summed E-state index contributed by atoms with van der Waals surface area (Å²) in [5.41, 5.74) is 5.56. The first kappa shape index (κ1) is 19.0. The number of carboxylic acid groups (broad SMARTS) is 1. The van der Waals surface area contributed by atoms with Gasteiger partial charge in [0.2, 0.25) is 0 Å². The van der Waals surface area contributed by atoms with Gasteiger partial charge in [0.05, 0.1) is 12.7 Å². The first-order valence-electron chi connectivity index (χ1n) is 9.03. The molecule has 2 aliphatic rings. The standard InChI is InChI=1S/C21H26N2O4/c1-6-27-20-18-17(14-8-7-11(2)9-15(14)26-5)16(21(24)25)13(4)23-19(18)12(3)10-22-20/h7-10,17,20,22-23H,6H2,1-5H3,(H,24,25). The maximum absolute atomic E-state index is 12.2. The summed E-state index contributed by atoms with van der Waals surface area (Å²) in [4.78, 5) is 12.2. The number of rotatable bonds is 5. The van der Waals surface area contributed by atoms with Gasteiger partial charge in [-0.2, -0.15) is 0 Å². The van der Waals surface area contributed by atoms with Crippen LogP contribution in [0.4, 0.5) is 0 Å². The molecule has 0 aliphatic carbocycles. The molecule has 2 unspecified atom stereocenters. The van der Waals surface area contributed by atoms with Crippen LogP contribution in [0.2, 0.25) is 0 Å². The Balaban J connectivity index is 2.28. The largest absolute Gasteiger partial charge is 0.496 e. The molecular weight excluding hydrogens is 344 g/mol. The van der Waals surface area contributed by atoms with Crippen molar-refractivity contribution in [1.82, 2.24) is 10.6 Å². The second-order valence-corrected chi connectivity index (χ2v) is 6.81. The van der Waals surface area contributed by atoms with Gasteiger partial charge in [0.15, 0.2) is 6.23 Å². The average molecular weight is 370 g/mol. The molecule has 2 heterocycles. The Hall–Kier alpha value is -2.73. The first-order chi connectivity index (χ1) is 12.9. The van der Waals surface area contributed by atoms with Gasteiger partial charge in [-0.15, -0.1) is 0 Å². The molecule has 0 aromatic heterocycles. The minimum atomic E-state index is -0.957. The molecule has 6 nitrogen and oxygen atoms in total. The van der Waals surface area contributed by atoms with E-state index in [1.165, 1.54) is 0 Å². The van der Waals surface area contributed by atoms with E-state index in [-0.39, 0.29) is 0 Å². The number of dihydropyridines is 2. The molecule has 144 valence electrons. The van der Waals surface area contributed by atoms with Crippen molar-refractivity contribution in [2.24, 2.45) is 0 Å². The van der Waals surface area contributed by atoms with Crippen molar-refractivity contribution < 1.29 is 19.4 Å². The van der Waals surface area contributed by atoms with Crippen LogP contribution in [-0.4, -0.2) is 31.0 Å². The quantitative estimate of drug-likeness (QED) is 0.739. The number of carboxylic acids is 1. The van der Waals surface area contributed by atoms with Crippen molar-refractivity contribution in [3.05, 3.63) is 63.6 Å². The van der Waals surface area contributed by atoms with Crippen LogP contribution >= 0.6 is 0 Å². The van der Waals surface area contributed by atoms with Gasteiger partial charge in [-0.1, -0.05) is 12.1 Å². The summed E-state index contributed by atoms with van der Waals surface area (Å²) in [6, 6.07) is 5.85. The fourth-order valence-corrected chi connectivity index (χ4v) is 3.78. The van der Waals surface area contributed by atoms with Crippen LogP contribution in [0.3, 0.4) is 0 Å². The van der Waals surface area contributed by atoms with Gasteiger partial charge < -0.3 is 25.2 Å². The van der Waals surface area contributed by atoms with E-state index in [4.69, 9.17) is 9.47 Å². The monoisotopic (exact) mass is 370 g/mol. The molecule has 0 fully saturated rings. The Morgan fingerprint density at radius 2 is 2.00 bits per heavy atom. The zero-order valence-corrected chi connectivity index (χ0v) is 16.3. The molecule has 0 spiro atoms. The number of aliphatic carboxylic acids is 1. The third-order valence-electron chi connectivity index (χ3n) is 5.00. The van der Waals surface area contributed by atoms with Crippen LogP contribution in [0, 0.1) is 6.92 Å². The van der Waals surface area contributed by atoms with Gasteiger partial charge in [-0.05, 0) is 44.9 Å². The number of benzene rings is 1. The molecule has 2 aliphatic heterocycles. The smallest absolute Gasteiger partial charge is 0.334 e. The molecule has 27 heavy (non-hydrogen) atoms. The van der Waals surface area contributed by atoms with Crippen LogP contribution in [0.5, 0.6) is 5.75 Å². The summed E-state index contributed by atoms with van der Waals surface area (Å²) in [7, 11) is 1.61. The van der Waals surface area contributed by atoms with Crippen molar-refractivity contribution in [3.8, 4) is 5.75 Å². The second kappa shape index (κ2) is 7.48. The fraction of sp³-hybridized carbons (Fsp3) is 0.381. The molecular formula is C21H26N2O4. The van der Waals surface area contributed by atoms with Crippen molar-refractivity contribution in [2.75, 3.05) is 13.7 Å². The summed E-state index contributed by atoms with van der Waals surface area (Å²) in [5.74, 6) is -0.772. The molecule has 6 heteroatoms. The minimum absolute atomic E-state index is 0.303. The Morgan fingerprint density at radius 1 is 1.26 bits per heavy atom. The number of ether oxygens (including phenoxy) is 2. The summed E-state index contributed by atoms with van der Waals surface area (Å²) < 4.78 is 11.5. The van der Waals surface area contributed by atoms with E-state index in [2.05, 4.69) is 10.6 Å².